The molecule has 1 aromatic carbocycles. The third-order valence-corrected chi connectivity index (χ3v) is 4.45. The third kappa shape index (κ3) is 2.80. The number of nitrogens with zero attached hydrogens (tertiary/aromatic N) is 1. The van der Waals surface area contributed by atoms with Gasteiger partial charge in [0.15, 0.2) is 0 Å². The van der Waals surface area contributed by atoms with Crippen LogP contribution < -0.4 is 10.6 Å². The van der Waals surface area contributed by atoms with Gasteiger partial charge in [-0.3, -0.25) is 4.79 Å². The lowest BCUT2D eigenvalue weighted by molar-refractivity contribution is 0.0956. The molecule has 3 unspecified atom stereocenters. The van der Waals surface area contributed by atoms with E-state index in [2.05, 4.69) is 21.6 Å². The van der Waals surface area contributed by atoms with E-state index >= 15 is 0 Å². The van der Waals surface area contributed by atoms with Crippen LogP contribution in [-0.2, 0) is 0 Å². The topological polar surface area (TPSA) is 44.4 Å². The third-order valence-electron chi connectivity index (χ3n) is 4.45. The number of carbonyl (C=O) groups excluding carboxylic acids is 1. The van der Waals surface area contributed by atoms with Crippen LogP contribution in [0.5, 0.6) is 0 Å². The normalized spacial score (nSPS) is 28.1. The van der Waals surface area contributed by atoms with Crippen molar-refractivity contribution in [2.75, 3.05) is 31.5 Å². The Morgan fingerprint density at radius 2 is 2.20 bits per heavy atom. The highest BCUT2D eigenvalue weighted by Crippen LogP contribution is 2.29. The van der Waals surface area contributed by atoms with E-state index in [0.717, 1.165) is 17.2 Å². The minimum atomic E-state index is 0.00633. The molecule has 4 nitrogen and oxygen atoms in total. The van der Waals surface area contributed by atoms with E-state index in [-0.39, 0.29) is 5.91 Å². The Morgan fingerprint density at radius 1 is 1.35 bits per heavy atom. The molecule has 0 aliphatic carbocycles. The summed E-state index contributed by atoms with van der Waals surface area (Å²) in [5, 5.41) is 6.49. The average molecular weight is 273 g/mol. The van der Waals surface area contributed by atoms with Crippen LogP contribution in [0.25, 0.3) is 0 Å². The van der Waals surface area contributed by atoms with E-state index in [1.807, 2.05) is 25.1 Å². The van der Waals surface area contributed by atoms with Gasteiger partial charge < -0.3 is 15.5 Å². The number of nitrogens with one attached hydrogen (secondary N) is 2. The summed E-state index contributed by atoms with van der Waals surface area (Å²) in [4.78, 5) is 14.4. The molecule has 0 saturated carbocycles. The molecule has 1 amide bonds. The van der Waals surface area contributed by atoms with E-state index in [0.29, 0.717) is 12.6 Å². The van der Waals surface area contributed by atoms with Crippen molar-refractivity contribution in [3.05, 3.63) is 29.8 Å². The van der Waals surface area contributed by atoms with Crippen LogP contribution in [-0.4, -0.2) is 43.0 Å². The lowest BCUT2D eigenvalue weighted by atomic mass is 9.94. The fraction of sp³-hybridized carbons (Fsp3) is 0.562. The van der Waals surface area contributed by atoms with Gasteiger partial charge in [-0.1, -0.05) is 6.07 Å². The van der Waals surface area contributed by atoms with Gasteiger partial charge in [0.25, 0.3) is 5.91 Å². The van der Waals surface area contributed by atoms with Crippen molar-refractivity contribution in [2.45, 2.75) is 25.8 Å². The Morgan fingerprint density at radius 3 is 3.05 bits per heavy atom. The molecule has 0 spiro atoms. The maximum atomic E-state index is 11.9. The number of piperidine rings is 1. The number of amides is 1. The van der Waals surface area contributed by atoms with E-state index in [1.165, 1.54) is 32.5 Å². The molecule has 0 aromatic heterocycles. The summed E-state index contributed by atoms with van der Waals surface area (Å²) in [5.41, 5.74) is 1.81. The summed E-state index contributed by atoms with van der Waals surface area (Å²) in [6.45, 7) is 6.28. The molecular weight excluding hydrogens is 250 g/mol. The van der Waals surface area contributed by atoms with E-state index in [1.54, 1.807) is 0 Å². The van der Waals surface area contributed by atoms with Gasteiger partial charge in [0.2, 0.25) is 0 Å². The number of carbonyl (C=O) groups is 1. The minimum Gasteiger partial charge on any atom is -0.382 e. The van der Waals surface area contributed by atoms with Crippen LogP contribution in [0, 0.1) is 5.92 Å². The number of benzene rings is 1. The highest BCUT2D eigenvalue weighted by atomic mass is 16.1. The number of hydrogen-bond acceptors (Lipinski definition) is 3. The summed E-state index contributed by atoms with van der Waals surface area (Å²) in [7, 11) is 0. The van der Waals surface area contributed by atoms with Gasteiger partial charge >= 0.3 is 0 Å². The van der Waals surface area contributed by atoms with Crippen molar-refractivity contribution < 1.29 is 4.79 Å². The van der Waals surface area contributed by atoms with Crippen molar-refractivity contribution in [3.8, 4) is 0 Å². The largest absolute Gasteiger partial charge is 0.382 e. The number of hydrogen-bond donors (Lipinski definition) is 2. The molecule has 2 bridgehead atoms. The van der Waals surface area contributed by atoms with Crippen LogP contribution in [0.3, 0.4) is 0 Å². The second-order valence-corrected chi connectivity index (χ2v) is 5.83. The first kappa shape index (κ1) is 13.4. The number of rotatable bonds is 4. The maximum absolute atomic E-state index is 11.9. The van der Waals surface area contributed by atoms with Crippen molar-refractivity contribution in [1.82, 2.24) is 10.2 Å². The Bertz CT molecular complexity index is 488. The summed E-state index contributed by atoms with van der Waals surface area (Å²) in [6, 6.07) is 8.40. The molecule has 1 aromatic rings. The Kier molecular flexibility index (Phi) is 3.92. The van der Waals surface area contributed by atoms with Gasteiger partial charge in [0.1, 0.15) is 0 Å². The van der Waals surface area contributed by atoms with Crippen LogP contribution in [0.15, 0.2) is 24.3 Å². The quantitative estimate of drug-likeness (QED) is 0.881. The molecular formula is C16H23N3O. The van der Waals surface area contributed by atoms with E-state index in [4.69, 9.17) is 0 Å². The molecule has 2 N–H and O–H groups in total. The lowest BCUT2D eigenvalue weighted by Crippen LogP contribution is -2.39. The number of anilines is 1. The molecule has 2 aliphatic rings. The molecule has 0 radical (unpaired) electrons. The second-order valence-electron chi connectivity index (χ2n) is 5.83. The first-order chi connectivity index (χ1) is 9.76. The van der Waals surface area contributed by atoms with Crippen LogP contribution in [0.4, 0.5) is 5.69 Å². The Labute approximate surface area is 120 Å². The summed E-state index contributed by atoms with van der Waals surface area (Å²) < 4.78 is 0. The van der Waals surface area contributed by atoms with Crippen molar-refractivity contribution in [3.63, 3.8) is 0 Å². The zero-order valence-corrected chi connectivity index (χ0v) is 12.1. The predicted octanol–water partition coefficient (Wildman–Crippen LogP) is 1.94. The zero-order valence-electron chi connectivity index (χ0n) is 12.1. The van der Waals surface area contributed by atoms with E-state index < -0.39 is 0 Å². The Hall–Kier alpha value is -1.55. The van der Waals surface area contributed by atoms with Gasteiger partial charge in [0.05, 0.1) is 0 Å². The fourth-order valence-electron chi connectivity index (χ4n) is 3.37. The monoisotopic (exact) mass is 273 g/mol. The summed E-state index contributed by atoms with van der Waals surface area (Å²) in [6.07, 6.45) is 2.50. The van der Waals surface area contributed by atoms with Gasteiger partial charge in [-0.25, -0.2) is 0 Å². The maximum Gasteiger partial charge on any atom is 0.251 e. The Balaban J connectivity index is 1.68. The molecule has 2 saturated heterocycles. The first-order valence-electron chi connectivity index (χ1n) is 7.63. The molecule has 2 aliphatic heterocycles. The van der Waals surface area contributed by atoms with Crippen molar-refractivity contribution >= 4 is 11.6 Å². The van der Waals surface area contributed by atoms with Gasteiger partial charge in [-0.15, -0.1) is 0 Å². The van der Waals surface area contributed by atoms with Crippen molar-refractivity contribution in [1.29, 1.82) is 0 Å². The highest BCUT2D eigenvalue weighted by Gasteiger charge is 2.34. The molecule has 108 valence electrons. The second kappa shape index (κ2) is 5.83. The molecule has 2 fully saturated rings. The molecule has 3 atom stereocenters. The van der Waals surface area contributed by atoms with Crippen LogP contribution in [0.2, 0.25) is 0 Å². The van der Waals surface area contributed by atoms with Gasteiger partial charge in [0, 0.05) is 36.9 Å². The fourth-order valence-corrected chi connectivity index (χ4v) is 3.37. The number of fused-ring (bicyclic) bond motifs is 2. The zero-order chi connectivity index (χ0) is 13.9. The molecule has 4 heteroatoms. The first-order valence-corrected chi connectivity index (χ1v) is 7.63. The highest BCUT2D eigenvalue weighted by molar-refractivity contribution is 5.95. The lowest BCUT2D eigenvalue weighted by Gasteiger charge is -2.31. The van der Waals surface area contributed by atoms with Crippen LogP contribution in [0.1, 0.15) is 30.1 Å². The SMILES string of the molecule is CCNC(=O)c1cccc(NC2CCN3CCC2C3)c1. The predicted molar refractivity (Wildman–Crippen MR) is 81.0 cm³/mol. The molecule has 20 heavy (non-hydrogen) atoms. The minimum absolute atomic E-state index is 0.00633. The van der Waals surface area contributed by atoms with Gasteiger partial charge in [-0.05, 0) is 50.4 Å². The van der Waals surface area contributed by atoms with Crippen LogP contribution >= 0.6 is 0 Å². The van der Waals surface area contributed by atoms with Gasteiger partial charge in [-0.2, -0.15) is 0 Å². The van der Waals surface area contributed by atoms with Crippen molar-refractivity contribution in [2.24, 2.45) is 5.92 Å². The standard InChI is InChI=1S/C16H23N3O/c1-2-17-16(20)12-4-3-5-14(10-12)18-15-7-9-19-8-6-13(15)11-19/h3-5,10,13,15,18H,2,6-9,11H2,1H3,(H,17,20). The molecule has 3 rings (SSSR count). The average Bonchev–Trinajstić information content (AvgIpc) is 2.85. The summed E-state index contributed by atoms with van der Waals surface area (Å²) in [5.74, 6) is 0.767. The summed E-state index contributed by atoms with van der Waals surface area (Å²) >= 11 is 0. The smallest absolute Gasteiger partial charge is 0.251 e. The molecule has 2 heterocycles. The van der Waals surface area contributed by atoms with E-state index in [9.17, 15) is 4.79 Å².